The van der Waals surface area contributed by atoms with Gasteiger partial charge >= 0.3 is 45.4 Å². The molecule has 2 N–H and O–H groups in total. The third-order valence-corrected chi connectivity index (χ3v) is 0. The molecule has 0 atom stereocenters. The maximum atomic E-state index is 9.39. The Hall–Kier alpha value is 1.68. The van der Waals surface area contributed by atoms with Gasteiger partial charge in [0.1, 0.15) is 0 Å². The van der Waals surface area contributed by atoms with Crippen LogP contribution in [-0.2, 0) is 4.57 Å². The molecule has 0 aromatic rings. The monoisotopic (exact) mass is 134 g/mol. The third-order valence-electron chi connectivity index (χ3n) is 0. The van der Waals surface area contributed by atoms with Crippen LogP contribution in [0.1, 0.15) is 0 Å². The molecule has 32 valence electrons. The normalized spacial score (nSPS) is 9.67. The van der Waals surface area contributed by atoms with E-state index in [4.69, 9.17) is 9.79 Å². The molecule has 0 aliphatic heterocycles. The van der Waals surface area contributed by atoms with Crippen molar-refractivity contribution in [3.63, 3.8) is 0 Å². The van der Waals surface area contributed by atoms with E-state index in [1.807, 2.05) is 0 Å². The fourth-order valence-corrected chi connectivity index (χ4v) is 0. The van der Waals surface area contributed by atoms with Crippen LogP contribution in [0.25, 0.3) is 0 Å². The maximum absolute atomic E-state index is 9.39. The van der Waals surface area contributed by atoms with Gasteiger partial charge in [0, 0.05) is 0 Å². The average Bonchev–Trinajstić information content (AvgIpc) is 0.722. The first-order valence-electron chi connectivity index (χ1n) is 1.03. The quantitative estimate of drug-likeness (QED) is 0.299. The van der Waals surface area contributed by atoms with Crippen LogP contribution < -0.4 is 0 Å². The summed E-state index contributed by atoms with van der Waals surface area (Å²) < 4.78 is 9.39. The van der Waals surface area contributed by atoms with E-state index in [2.05, 4.69) is 0 Å². The SMILES string of the molecule is O=[P](O)(O)[AlH2].[NaH]. The van der Waals surface area contributed by atoms with Crippen molar-refractivity contribution >= 4 is 51.6 Å². The van der Waals surface area contributed by atoms with Crippen molar-refractivity contribution in [2.24, 2.45) is 0 Å². The summed E-state index contributed by atoms with van der Waals surface area (Å²) in [6.07, 6.45) is -3.50. The first-order chi connectivity index (χ1) is 2.00. The molecular weight excluding hydrogens is 129 g/mol. The summed E-state index contributed by atoms with van der Waals surface area (Å²) in [5, 5.41) is 0. The number of hydrogen-bond donors (Lipinski definition) is 2. The van der Waals surface area contributed by atoms with Crippen LogP contribution in [0.4, 0.5) is 0 Å². The summed E-state index contributed by atoms with van der Waals surface area (Å²) in [5.41, 5.74) is 0. The molecule has 0 spiro atoms. The van der Waals surface area contributed by atoms with Gasteiger partial charge in [-0.15, -0.1) is 0 Å². The van der Waals surface area contributed by atoms with Crippen molar-refractivity contribution in [2.75, 3.05) is 0 Å². The minimum absolute atomic E-state index is 0. The predicted octanol–water partition coefficient (Wildman–Crippen LogP) is -1.94. The summed E-state index contributed by atoms with van der Waals surface area (Å²) in [4.78, 5) is 15.4. The second-order valence-corrected chi connectivity index (χ2v) is 6.00. The molecule has 0 aliphatic carbocycles. The molecule has 0 aromatic heterocycles. The summed E-state index contributed by atoms with van der Waals surface area (Å²) >= 11 is -0.0255. The molecule has 0 heterocycles. The molecule has 6 heteroatoms. The van der Waals surface area contributed by atoms with E-state index in [9.17, 15) is 4.57 Å². The van der Waals surface area contributed by atoms with Crippen molar-refractivity contribution in [2.45, 2.75) is 0 Å². The Balaban J connectivity index is 0. The second-order valence-electron chi connectivity index (χ2n) is 0.835. The molecule has 3 nitrogen and oxygen atoms in total. The van der Waals surface area contributed by atoms with Gasteiger partial charge in [-0.1, -0.05) is 0 Å². The molecule has 0 unspecified atom stereocenters. The zero-order valence-corrected chi connectivity index (χ0v) is 5.64. The molecule has 0 bridgehead atoms. The Labute approximate surface area is 65.6 Å². The molecule has 0 aliphatic rings. The summed E-state index contributed by atoms with van der Waals surface area (Å²) in [7, 11) is 0. The van der Waals surface area contributed by atoms with Gasteiger partial charge in [0.15, 0.2) is 0 Å². The molecule has 0 aromatic carbocycles. The topological polar surface area (TPSA) is 57.5 Å². The Morgan fingerprint density at radius 3 is 1.50 bits per heavy atom. The molecule has 0 fully saturated rings. The number of hydrogen-bond acceptors (Lipinski definition) is 1. The van der Waals surface area contributed by atoms with E-state index in [0.29, 0.717) is 0 Å². The van der Waals surface area contributed by atoms with Crippen LogP contribution in [0.5, 0.6) is 0 Å². The second kappa shape index (κ2) is 3.66. The molecule has 0 saturated carbocycles. The van der Waals surface area contributed by atoms with Gasteiger partial charge in [0.05, 0.1) is 0 Å². The van der Waals surface area contributed by atoms with Crippen molar-refractivity contribution in [1.82, 2.24) is 0 Å². The first kappa shape index (κ1) is 10.6. The van der Waals surface area contributed by atoms with Crippen LogP contribution in [0.2, 0.25) is 0 Å². The fourth-order valence-electron chi connectivity index (χ4n) is 0. The molecule has 0 amide bonds. The van der Waals surface area contributed by atoms with Gasteiger partial charge in [-0.05, 0) is 0 Å². The van der Waals surface area contributed by atoms with E-state index < -0.39 is 6.24 Å². The van der Waals surface area contributed by atoms with Crippen LogP contribution in [0.15, 0.2) is 0 Å². The van der Waals surface area contributed by atoms with Gasteiger partial charge in [0.2, 0.25) is 6.24 Å². The van der Waals surface area contributed by atoms with Gasteiger partial charge in [-0.2, -0.15) is 0 Å². The molecule has 6 heavy (non-hydrogen) atoms. The molecular formula is H5AlNaO3P. The Morgan fingerprint density at radius 1 is 1.50 bits per heavy atom. The van der Waals surface area contributed by atoms with Crippen molar-refractivity contribution < 1.29 is 14.4 Å². The van der Waals surface area contributed by atoms with E-state index in [0.717, 1.165) is 0 Å². The Kier molecular flexibility index (Phi) is 6.47. The Morgan fingerprint density at radius 2 is 1.50 bits per heavy atom. The standard InChI is InChI=1S/Al.Na.HO3P.3H/c;;1-4(2)3;;;/h;;(H-,1,2,3);;;/q-1;;;;;/p+1. The van der Waals surface area contributed by atoms with Gasteiger partial charge < -0.3 is 9.79 Å². The molecule has 0 saturated heterocycles. The van der Waals surface area contributed by atoms with E-state index in [1.54, 1.807) is 0 Å². The van der Waals surface area contributed by atoms with E-state index >= 15 is 0 Å². The van der Waals surface area contributed by atoms with E-state index in [1.165, 1.54) is 0 Å². The zero-order valence-electron chi connectivity index (χ0n) is 2.75. The minimum atomic E-state index is -3.50. The van der Waals surface area contributed by atoms with Crippen molar-refractivity contribution in [1.29, 1.82) is 0 Å². The van der Waals surface area contributed by atoms with E-state index in [-0.39, 0.29) is 45.4 Å². The molecule has 0 rings (SSSR count). The van der Waals surface area contributed by atoms with Crippen LogP contribution in [-0.4, -0.2) is 55.2 Å². The van der Waals surface area contributed by atoms with Crippen LogP contribution in [0.3, 0.4) is 0 Å². The van der Waals surface area contributed by atoms with Crippen LogP contribution in [0, 0.1) is 0 Å². The summed E-state index contributed by atoms with van der Waals surface area (Å²) in [5.74, 6) is 0. The van der Waals surface area contributed by atoms with Gasteiger partial charge in [-0.3, -0.25) is 4.57 Å². The fraction of sp³-hybridized carbons (Fsp3) is 0. The van der Waals surface area contributed by atoms with Crippen LogP contribution >= 0.6 is 6.24 Å². The Bertz CT molecular complexity index is 56.9. The molecule has 0 radical (unpaired) electrons. The van der Waals surface area contributed by atoms with Gasteiger partial charge in [-0.25, -0.2) is 0 Å². The first-order valence-corrected chi connectivity index (χ1v) is 5.77. The van der Waals surface area contributed by atoms with Gasteiger partial charge in [0.25, 0.3) is 0 Å². The predicted molar refractivity (Wildman–Crippen MR) is 27.7 cm³/mol. The summed E-state index contributed by atoms with van der Waals surface area (Å²) in [6.45, 7) is 0. The third kappa shape index (κ3) is 44.0. The summed E-state index contributed by atoms with van der Waals surface area (Å²) in [6, 6.07) is 0. The van der Waals surface area contributed by atoms with Crippen molar-refractivity contribution in [3.8, 4) is 0 Å². The average molecular weight is 134 g/mol. The zero-order chi connectivity index (χ0) is 4.50. The van der Waals surface area contributed by atoms with Crippen molar-refractivity contribution in [3.05, 3.63) is 0 Å². The number of rotatable bonds is 0.